The molecule has 1 rings (SSSR count). The standard InChI is InChI=1S/C12H21NO4/c1-8-5-6-9(10(14)15)7-13(8)11(16)17-12(2,3)4/h8-9H,5-7H2,1-4H3,(H,14,15)/t8-,9+/m0/s1. The summed E-state index contributed by atoms with van der Waals surface area (Å²) in [5, 5.41) is 8.98. The van der Waals surface area contributed by atoms with E-state index in [1.54, 1.807) is 20.8 Å². The van der Waals surface area contributed by atoms with Crippen molar-refractivity contribution in [3.63, 3.8) is 0 Å². The van der Waals surface area contributed by atoms with Gasteiger partial charge in [-0.15, -0.1) is 0 Å². The van der Waals surface area contributed by atoms with E-state index < -0.39 is 23.6 Å². The van der Waals surface area contributed by atoms with Crippen LogP contribution in [-0.4, -0.2) is 40.3 Å². The molecular formula is C12H21NO4. The summed E-state index contributed by atoms with van der Waals surface area (Å²) in [7, 11) is 0. The van der Waals surface area contributed by atoms with Crippen LogP contribution in [0.25, 0.3) is 0 Å². The fourth-order valence-corrected chi connectivity index (χ4v) is 1.88. The predicted octanol–water partition coefficient (Wildman–Crippen LogP) is 2.11. The molecule has 1 amide bonds. The van der Waals surface area contributed by atoms with Gasteiger partial charge in [0.2, 0.25) is 0 Å². The lowest BCUT2D eigenvalue weighted by Crippen LogP contribution is -2.49. The average Bonchev–Trinajstić information content (AvgIpc) is 2.14. The van der Waals surface area contributed by atoms with Gasteiger partial charge in [-0.3, -0.25) is 4.79 Å². The van der Waals surface area contributed by atoms with Gasteiger partial charge >= 0.3 is 12.1 Å². The smallest absolute Gasteiger partial charge is 0.410 e. The van der Waals surface area contributed by atoms with Crippen molar-refractivity contribution in [3.8, 4) is 0 Å². The van der Waals surface area contributed by atoms with Gasteiger partial charge in [-0.25, -0.2) is 4.79 Å². The first-order valence-corrected chi connectivity index (χ1v) is 5.93. The van der Waals surface area contributed by atoms with Crippen LogP contribution in [0.4, 0.5) is 4.79 Å². The zero-order valence-electron chi connectivity index (χ0n) is 10.9. The molecule has 0 spiro atoms. The van der Waals surface area contributed by atoms with Gasteiger partial charge in [0.05, 0.1) is 5.92 Å². The van der Waals surface area contributed by atoms with Crippen molar-refractivity contribution >= 4 is 12.1 Å². The molecule has 0 aromatic rings. The minimum Gasteiger partial charge on any atom is -0.481 e. The van der Waals surface area contributed by atoms with E-state index in [2.05, 4.69) is 0 Å². The van der Waals surface area contributed by atoms with Crippen molar-refractivity contribution in [2.45, 2.75) is 52.2 Å². The molecule has 1 heterocycles. The van der Waals surface area contributed by atoms with Gasteiger partial charge in [-0.1, -0.05) is 0 Å². The molecule has 1 aliphatic heterocycles. The Morgan fingerprint density at radius 1 is 1.29 bits per heavy atom. The van der Waals surface area contributed by atoms with Gasteiger partial charge in [0.15, 0.2) is 0 Å². The van der Waals surface area contributed by atoms with Crippen LogP contribution in [0.1, 0.15) is 40.5 Å². The summed E-state index contributed by atoms with van der Waals surface area (Å²) >= 11 is 0. The molecule has 17 heavy (non-hydrogen) atoms. The Morgan fingerprint density at radius 2 is 1.88 bits per heavy atom. The lowest BCUT2D eigenvalue weighted by Gasteiger charge is -2.37. The second-order valence-electron chi connectivity index (χ2n) is 5.59. The van der Waals surface area contributed by atoms with Gasteiger partial charge in [-0.05, 0) is 40.5 Å². The predicted molar refractivity (Wildman–Crippen MR) is 62.8 cm³/mol. The van der Waals surface area contributed by atoms with Crippen LogP contribution in [-0.2, 0) is 9.53 Å². The van der Waals surface area contributed by atoms with Crippen molar-refractivity contribution in [1.82, 2.24) is 4.90 Å². The number of carbonyl (C=O) groups is 2. The second-order valence-corrected chi connectivity index (χ2v) is 5.59. The molecule has 1 N–H and O–H groups in total. The molecule has 0 saturated carbocycles. The number of likely N-dealkylation sites (tertiary alicyclic amines) is 1. The number of piperidine rings is 1. The van der Waals surface area contributed by atoms with Crippen molar-refractivity contribution in [3.05, 3.63) is 0 Å². The van der Waals surface area contributed by atoms with E-state index in [-0.39, 0.29) is 12.6 Å². The first kappa shape index (κ1) is 13.8. The third kappa shape index (κ3) is 3.91. The summed E-state index contributed by atoms with van der Waals surface area (Å²) < 4.78 is 5.27. The molecule has 0 bridgehead atoms. The van der Waals surface area contributed by atoms with Crippen molar-refractivity contribution in [2.75, 3.05) is 6.54 Å². The molecule has 1 aliphatic rings. The van der Waals surface area contributed by atoms with Gasteiger partial charge in [-0.2, -0.15) is 0 Å². The highest BCUT2D eigenvalue weighted by Crippen LogP contribution is 2.24. The number of amides is 1. The number of carboxylic acid groups (broad SMARTS) is 1. The number of aliphatic carboxylic acids is 1. The summed E-state index contributed by atoms with van der Waals surface area (Å²) in [4.78, 5) is 24.4. The third-order valence-corrected chi connectivity index (χ3v) is 2.86. The van der Waals surface area contributed by atoms with Crippen LogP contribution in [0.3, 0.4) is 0 Å². The Hall–Kier alpha value is -1.26. The summed E-state index contributed by atoms with van der Waals surface area (Å²) in [6, 6.07) is 0.0421. The van der Waals surface area contributed by atoms with Crippen LogP contribution in [0.5, 0.6) is 0 Å². The summed E-state index contributed by atoms with van der Waals surface area (Å²) in [5.74, 6) is -1.32. The van der Waals surface area contributed by atoms with Crippen LogP contribution in [0.2, 0.25) is 0 Å². The number of hydrogen-bond donors (Lipinski definition) is 1. The van der Waals surface area contributed by atoms with Gasteiger partial charge in [0.1, 0.15) is 5.60 Å². The first-order chi connectivity index (χ1) is 7.70. The SMILES string of the molecule is C[C@H]1CC[C@@H](C(=O)O)CN1C(=O)OC(C)(C)C. The molecule has 0 radical (unpaired) electrons. The summed E-state index contributed by atoms with van der Waals surface area (Å²) in [6.07, 6.45) is 0.905. The van der Waals surface area contributed by atoms with Gasteiger partial charge in [0.25, 0.3) is 0 Å². The van der Waals surface area contributed by atoms with E-state index in [0.717, 1.165) is 0 Å². The molecule has 2 atom stereocenters. The van der Waals surface area contributed by atoms with E-state index in [4.69, 9.17) is 9.84 Å². The van der Waals surface area contributed by atoms with E-state index >= 15 is 0 Å². The monoisotopic (exact) mass is 243 g/mol. The number of carboxylic acids is 1. The molecule has 0 aromatic heterocycles. The maximum atomic E-state index is 11.9. The van der Waals surface area contributed by atoms with Crippen LogP contribution in [0, 0.1) is 5.92 Å². The minimum atomic E-state index is -0.842. The molecule has 0 aliphatic carbocycles. The number of rotatable bonds is 1. The molecule has 98 valence electrons. The number of ether oxygens (including phenoxy) is 1. The highest BCUT2D eigenvalue weighted by Gasteiger charge is 2.34. The number of carbonyl (C=O) groups excluding carboxylic acids is 1. The van der Waals surface area contributed by atoms with E-state index in [1.807, 2.05) is 6.92 Å². The Balaban J connectivity index is 2.67. The Morgan fingerprint density at radius 3 is 2.35 bits per heavy atom. The minimum absolute atomic E-state index is 0.0421. The Labute approximate surface area is 102 Å². The number of hydrogen-bond acceptors (Lipinski definition) is 3. The maximum Gasteiger partial charge on any atom is 0.410 e. The maximum absolute atomic E-state index is 11.9. The summed E-state index contributed by atoms with van der Waals surface area (Å²) in [6.45, 7) is 7.56. The largest absolute Gasteiger partial charge is 0.481 e. The quantitative estimate of drug-likeness (QED) is 0.766. The Bertz CT molecular complexity index is 308. The third-order valence-electron chi connectivity index (χ3n) is 2.86. The van der Waals surface area contributed by atoms with Gasteiger partial charge < -0.3 is 14.7 Å². The lowest BCUT2D eigenvalue weighted by molar-refractivity contribution is -0.143. The first-order valence-electron chi connectivity index (χ1n) is 5.93. The Kier molecular flexibility index (Phi) is 4.01. The molecular weight excluding hydrogens is 222 g/mol. The van der Waals surface area contributed by atoms with E-state index in [9.17, 15) is 9.59 Å². The molecule has 5 heteroatoms. The molecule has 0 aromatic carbocycles. The molecule has 5 nitrogen and oxygen atoms in total. The van der Waals surface area contributed by atoms with E-state index in [1.165, 1.54) is 4.90 Å². The second kappa shape index (κ2) is 4.94. The highest BCUT2D eigenvalue weighted by molar-refractivity contribution is 5.73. The fraction of sp³-hybridized carbons (Fsp3) is 0.833. The van der Waals surface area contributed by atoms with Crippen LogP contribution in [0.15, 0.2) is 0 Å². The molecule has 1 fully saturated rings. The number of nitrogens with zero attached hydrogens (tertiary/aromatic N) is 1. The normalized spacial score (nSPS) is 25.5. The fourth-order valence-electron chi connectivity index (χ4n) is 1.88. The van der Waals surface area contributed by atoms with Crippen LogP contribution < -0.4 is 0 Å². The zero-order chi connectivity index (χ0) is 13.2. The highest BCUT2D eigenvalue weighted by atomic mass is 16.6. The molecule has 1 saturated heterocycles. The van der Waals surface area contributed by atoms with Crippen molar-refractivity contribution in [2.24, 2.45) is 5.92 Å². The topological polar surface area (TPSA) is 66.8 Å². The van der Waals surface area contributed by atoms with Gasteiger partial charge in [0, 0.05) is 12.6 Å². The molecule has 0 unspecified atom stereocenters. The zero-order valence-corrected chi connectivity index (χ0v) is 10.9. The van der Waals surface area contributed by atoms with Crippen molar-refractivity contribution < 1.29 is 19.4 Å². The summed E-state index contributed by atoms with van der Waals surface area (Å²) in [5.41, 5.74) is -0.549. The van der Waals surface area contributed by atoms with Crippen molar-refractivity contribution in [1.29, 1.82) is 0 Å². The van der Waals surface area contributed by atoms with E-state index in [0.29, 0.717) is 12.8 Å². The lowest BCUT2D eigenvalue weighted by atomic mass is 9.94. The van der Waals surface area contributed by atoms with Crippen LogP contribution >= 0.6 is 0 Å². The average molecular weight is 243 g/mol.